The van der Waals surface area contributed by atoms with E-state index in [1.807, 2.05) is 0 Å². The van der Waals surface area contributed by atoms with Crippen molar-refractivity contribution >= 4 is 17.5 Å². The van der Waals surface area contributed by atoms with Crippen LogP contribution in [0.15, 0.2) is 18.3 Å². The van der Waals surface area contributed by atoms with Crippen molar-refractivity contribution in [1.29, 1.82) is 0 Å². The summed E-state index contributed by atoms with van der Waals surface area (Å²) in [6, 6.07) is 3.26. The van der Waals surface area contributed by atoms with Crippen molar-refractivity contribution in [3.05, 3.63) is 29.0 Å². The molecule has 1 aromatic rings. The smallest absolute Gasteiger partial charge is 0.260 e. The van der Waals surface area contributed by atoms with Crippen LogP contribution in [0.3, 0.4) is 0 Å². The van der Waals surface area contributed by atoms with Crippen LogP contribution in [0.2, 0.25) is 5.02 Å². The maximum absolute atomic E-state index is 12.5. The molecule has 1 amide bonds. The van der Waals surface area contributed by atoms with Crippen molar-refractivity contribution < 1.29 is 13.6 Å². The van der Waals surface area contributed by atoms with Crippen molar-refractivity contribution in [2.45, 2.75) is 18.9 Å². The fourth-order valence-electron chi connectivity index (χ4n) is 1.31. The summed E-state index contributed by atoms with van der Waals surface area (Å²) in [4.78, 5) is 15.1. The Labute approximate surface area is 95.8 Å². The highest BCUT2D eigenvalue weighted by Crippen LogP contribution is 2.48. The third-order valence-electron chi connectivity index (χ3n) is 2.37. The minimum atomic E-state index is -2.82. The van der Waals surface area contributed by atoms with E-state index >= 15 is 0 Å². The molecule has 1 fully saturated rings. The Hall–Kier alpha value is -1.23. The number of rotatable bonds is 3. The van der Waals surface area contributed by atoms with Crippen LogP contribution >= 0.6 is 11.6 Å². The Morgan fingerprint density at radius 2 is 2.31 bits per heavy atom. The average Bonchev–Trinajstić information content (AvgIpc) is 2.87. The normalized spacial score (nSPS) is 21.6. The van der Waals surface area contributed by atoms with Gasteiger partial charge >= 0.3 is 0 Å². The molecule has 1 saturated carbocycles. The van der Waals surface area contributed by atoms with Gasteiger partial charge in [-0.15, -0.1) is 0 Å². The summed E-state index contributed by atoms with van der Waals surface area (Å²) in [5, 5.41) is 2.90. The summed E-state index contributed by atoms with van der Waals surface area (Å²) >= 11 is 5.62. The number of alkyl halides is 2. The van der Waals surface area contributed by atoms with Gasteiger partial charge in [-0.3, -0.25) is 9.78 Å². The van der Waals surface area contributed by atoms with E-state index in [1.165, 1.54) is 6.20 Å². The number of carbonyl (C=O) groups excluding carboxylic acids is 1. The molecule has 1 aromatic heterocycles. The zero-order valence-corrected chi connectivity index (χ0v) is 8.97. The number of carbonyl (C=O) groups is 1. The van der Waals surface area contributed by atoms with Crippen molar-refractivity contribution in [2.75, 3.05) is 0 Å². The number of aromatic nitrogens is 1. The van der Waals surface area contributed by atoms with Gasteiger partial charge in [0.1, 0.15) is 5.92 Å². The van der Waals surface area contributed by atoms with Gasteiger partial charge in [-0.2, -0.15) is 0 Å². The third kappa shape index (κ3) is 2.47. The van der Waals surface area contributed by atoms with Gasteiger partial charge in [0.25, 0.3) is 5.92 Å². The van der Waals surface area contributed by atoms with Crippen LogP contribution in [0.5, 0.6) is 0 Å². The zero-order chi connectivity index (χ0) is 11.8. The second-order valence-corrected chi connectivity index (χ2v) is 4.14. The topological polar surface area (TPSA) is 42.0 Å². The average molecular weight is 247 g/mol. The Balaban J connectivity index is 1.84. The molecule has 0 radical (unpaired) electrons. The van der Waals surface area contributed by atoms with E-state index in [0.717, 1.165) is 0 Å². The van der Waals surface area contributed by atoms with Crippen LogP contribution in [0, 0.1) is 5.92 Å². The highest BCUT2D eigenvalue weighted by molar-refractivity contribution is 6.30. The number of hydrogen-bond acceptors (Lipinski definition) is 2. The molecule has 0 aromatic carbocycles. The number of amides is 1. The van der Waals surface area contributed by atoms with Gasteiger partial charge in [0, 0.05) is 12.6 Å². The molecule has 0 bridgehead atoms. The van der Waals surface area contributed by atoms with E-state index in [-0.39, 0.29) is 13.0 Å². The second kappa shape index (κ2) is 3.97. The van der Waals surface area contributed by atoms with Crippen LogP contribution in [-0.4, -0.2) is 16.8 Å². The highest BCUT2D eigenvalue weighted by Gasteiger charge is 2.61. The predicted molar refractivity (Wildman–Crippen MR) is 54.1 cm³/mol. The van der Waals surface area contributed by atoms with Crippen LogP contribution in [-0.2, 0) is 11.3 Å². The van der Waals surface area contributed by atoms with E-state index in [0.29, 0.717) is 10.7 Å². The quantitative estimate of drug-likeness (QED) is 0.887. The van der Waals surface area contributed by atoms with Gasteiger partial charge in [-0.05, 0) is 12.1 Å². The number of halogens is 3. The summed E-state index contributed by atoms with van der Waals surface area (Å²) in [6.45, 7) is 0.141. The lowest BCUT2D eigenvalue weighted by Crippen LogP contribution is -2.26. The molecule has 3 nitrogen and oxygen atoms in total. The SMILES string of the molecule is O=C(NCc1ccc(Cl)cn1)C1CC1(F)F. The molecule has 16 heavy (non-hydrogen) atoms. The van der Waals surface area contributed by atoms with E-state index in [1.54, 1.807) is 12.1 Å². The molecule has 0 aliphatic heterocycles. The molecule has 2 rings (SSSR count). The molecule has 1 aliphatic carbocycles. The Morgan fingerprint density at radius 3 is 2.81 bits per heavy atom. The first-order chi connectivity index (χ1) is 7.49. The summed E-state index contributed by atoms with van der Waals surface area (Å²) in [7, 11) is 0. The maximum Gasteiger partial charge on any atom is 0.260 e. The molecule has 1 aliphatic rings. The van der Waals surface area contributed by atoms with Gasteiger partial charge in [0.2, 0.25) is 5.91 Å². The maximum atomic E-state index is 12.5. The largest absolute Gasteiger partial charge is 0.350 e. The van der Waals surface area contributed by atoms with E-state index < -0.39 is 17.7 Å². The van der Waals surface area contributed by atoms with E-state index in [2.05, 4.69) is 10.3 Å². The van der Waals surface area contributed by atoms with Gasteiger partial charge < -0.3 is 5.32 Å². The third-order valence-corrected chi connectivity index (χ3v) is 2.60. The molecule has 1 N–H and O–H groups in total. The van der Waals surface area contributed by atoms with Crippen molar-refractivity contribution in [1.82, 2.24) is 10.3 Å². The van der Waals surface area contributed by atoms with Crippen molar-refractivity contribution in [2.24, 2.45) is 5.92 Å². The fourth-order valence-corrected chi connectivity index (χ4v) is 1.42. The van der Waals surface area contributed by atoms with Crippen molar-refractivity contribution in [3.8, 4) is 0 Å². The number of hydrogen-bond donors (Lipinski definition) is 1. The molecule has 0 saturated heterocycles. The number of nitrogens with one attached hydrogen (secondary N) is 1. The predicted octanol–water partition coefficient (Wildman–Crippen LogP) is 2.01. The van der Waals surface area contributed by atoms with Gasteiger partial charge in [0.15, 0.2) is 0 Å². The zero-order valence-electron chi connectivity index (χ0n) is 8.21. The number of nitrogens with zero attached hydrogens (tertiary/aromatic N) is 1. The highest BCUT2D eigenvalue weighted by atomic mass is 35.5. The van der Waals surface area contributed by atoms with E-state index in [4.69, 9.17) is 11.6 Å². The summed E-state index contributed by atoms with van der Waals surface area (Å²) in [5.41, 5.74) is 0.585. The fraction of sp³-hybridized carbons (Fsp3) is 0.400. The lowest BCUT2D eigenvalue weighted by molar-refractivity contribution is -0.124. The molecular formula is C10H9ClF2N2O. The van der Waals surface area contributed by atoms with Crippen LogP contribution in [0.25, 0.3) is 0 Å². The van der Waals surface area contributed by atoms with Gasteiger partial charge in [-0.25, -0.2) is 8.78 Å². The standard InChI is InChI=1S/C10H9ClF2N2O/c11-6-1-2-7(14-4-6)5-15-9(16)8-3-10(8,12)13/h1-2,4,8H,3,5H2,(H,15,16). The summed E-state index contributed by atoms with van der Waals surface area (Å²) in [5.74, 6) is -4.61. The molecule has 1 atom stereocenters. The molecule has 1 heterocycles. The minimum Gasteiger partial charge on any atom is -0.350 e. The minimum absolute atomic E-state index is 0.141. The first-order valence-corrected chi connectivity index (χ1v) is 5.13. The molecular weight excluding hydrogens is 238 g/mol. The molecule has 0 spiro atoms. The van der Waals surface area contributed by atoms with Crippen LogP contribution < -0.4 is 5.32 Å². The number of pyridine rings is 1. The van der Waals surface area contributed by atoms with Gasteiger partial charge in [-0.1, -0.05) is 11.6 Å². The lowest BCUT2D eigenvalue weighted by atomic mass is 10.3. The summed E-state index contributed by atoms with van der Waals surface area (Å²) < 4.78 is 25.1. The van der Waals surface area contributed by atoms with Gasteiger partial charge in [0.05, 0.1) is 17.3 Å². The monoisotopic (exact) mass is 246 g/mol. The first-order valence-electron chi connectivity index (χ1n) is 4.75. The lowest BCUT2D eigenvalue weighted by Gasteiger charge is -2.03. The summed E-state index contributed by atoms with van der Waals surface area (Å²) in [6.07, 6.45) is 1.08. The molecule has 86 valence electrons. The first kappa shape index (κ1) is 11.3. The Kier molecular flexibility index (Phi) is 2.80. The molecule has 6 heteroatoms. The van der Waals surface area contributed by atoms with Crippen LogP contribution in [0.1, 0.15) is 12.1 Å². The van der Waals surface area contributed by atoms with Crippen molar-refractivity contribution in [3.63, 3.8) is 0 Å². The van der Waals surface area contributed by atoms with Crippen LogP contribution in [0.4, 0.5) is 8.78 Å². The molecule has 1 unspecified atom stereocenters. The van der Waals surface area contributed by atoms with E-state index in [9.17, 15) is 13.6 Å². The Bertz CT molecular complexity index is 408. The second-order valence-electron chi connectivity index (χ2n) is 3.70. The Morgan fingerprint density at radius 1 is 1.62 bits per heavy atom.